The van der Waals surface area contributed by atoms with Crippen molar-refractivity contribution >= 4 is 5.91 Å². The third-order valence-electron chi connectivity index (χ3n) is 5.57. The van der Waals surface area contributed by atoms with Crippen LogP contribution in [0.1, 0.15) is 39.0 Å². The van der Waals surface area contributed by atoms with E-state index >= 15 is 0 Å². The van der Waals surface area contributed by atoms with Crippen LogP contribution in [0, 0.1) is 5.92 Å². The third kappa shape index (κ3) is 3.63. The van der Waals surface area contributed by atoms with E-state index in [1.165, 1.54) is 0 Å². The van der Waals surface area contributed by atoms with Gasteiger partial charge in [0.1, 0.15) is 0 Å². The van der Waals surface area contributed by atoms with Crippen LogP contribution in [0.4, 0.5) is 0 Å². The molecule has 0 radical (unpaired) electrons. The highest BCUT2D eigenvalue weighted by Gasteiger charge is 2.34. The van der Waals surface area contributed by atoms with Gasteiger partial charge in [0, 0.05) is 31.7 Å². The summed E-state index contributed by atoms with van der Waals surface area (Å²) in [6.07, 6.45) is 5.33. The largest absolute Gasteiger partial charge is 0.381 e. The molecule has 3 rings (SSSR count). The highest BCUT2D eigenvalue weighted by atomic mass is 16.5. The van der Waals surface area contributed by atoms with Crippen molar-refractivity contribution in [3.63, 3.8) is 0 Å². The fourth-order valence-electron chi connectivity index (χ4n) is 4.08. The molecule has 22 heavy (non-hydrogen) atoms. The van der Waals surface area contributed by atoms with Crippen molar-refractivity contribution in [2.24, 2.45) is 5.92 Å². The number of ether oxygens (including phenoxy) is 2. The zero-order chi connectivity index (χ0) is 15.4. The summed E-state index contributed by atoms with van der Waals surface area (Å²) >= 11 is 0. The molecule has 3 fully saturated rings. The van der Waals surface area contributed by atoms with Gasteiger partial charge < -0.3 is 19.3 Å². The van der Waals surface area contributed by atoms with E-state index < -0.39 is 0 Å². The number of likely N-dealkylation sites (tertiary alicyclic amines) is 1. The van der Waals surface area contributed by atoms with Gasteiger partial charge in [0.2, 0.25) is 5.91 Å². The van der Waals surface area contributed by atoms with Crippen LogP contribution in [0.5, 0.6) is 0 Å². The van der Waals surface area contributed by atoms with Gasteiger partial charge in [-0.2, -0.15) is 0 Å². The molecule has 1 amide bonds. The van der Waals surface area contributed by atoms with Gasteiger partial charge in [0.05, 0.1) is 19.3 Å². The number of rotatable bonds is 3. The average Bonchev–Trinajstić information content (AvgIpc) is 2.62. The molecule has 0 aliphatic carbocycles. The van der Waals surface area contributed by atoms with Gasteiger partial charge >= 0.3 is 0 Å². The van der Waals surface area contributed by atoms with Crippen LogP contribution in [0.2, 0.25) is 0 Å². The highest BCUT2D eigenvalue weighted by Crippen LogP contribution is 2.26. The van der Waals surface area contributed by atoms with Crippen LogP contribution in [-0.4, -0.2) is 73.9 Å². The smallest absolute Gasteiger partial charge is 0.226 e. The first-order valence-electron chi connectivity index (χ1n) is 8.99. The van der Waals surface area contributed by atoms with Gasteiger partial charge in [0.15, 0.2) is 0 Å². The molecule has 126 valence electrons. The average molecular weight is 310 g/mol. The van der Waals surface area contributed by atoms with Crippen LogP contribution >= 0.6 is 0 Å². The van der Waals surface area contributed by atoms with Gasteiger partial charge in [-0.1, -0.05) is 6.92 Å². The van der Waals surface area contributed by atoms with Crippen LogP contribution in [0.15, 0.2) is 0 Å². The Hall–Kier alpha value is -0.650. The minimum Gasteiger partial charge on any atom is -0.381 e. The second-order valence-corrected chi connectivity index (χ2v) is 6.82. The minimum atomic E-state index is 0.225. The van der Waals surface area contributed by atoms with Crippen molar-refractivity contribution in [3.05, 3.63) is 0 Å². The summed E-state index contributed by atoms with van der Waals surface area (Å²) in [4.78, 5) is 17.5. The molecule has 3 saturated heterocycles. The Bertz CT molecular complexity index is 363. The predicted molar refractivity (Wildman–Crippen MR) is 84.7 cm³/mol. The van der Waals surface area contributed by atoms with Crippen molar-refractivity contribution in [3.8, 4) is 0 Å². The lowest BCUT2D eigenvalue weighted by Gasteiger charge is -2.42. The van der Waals surface area contributed by atoms with E-state index in [4.69, 9.17) is 9.47 Å². The summed E-state index contributed by atoms with van der Waals surface area (Å²) < 4.78 is 11.0. The van der Waals surface area contributed by atoms with E-state index in [1.54, 1.807) is 0 Å². The van der Waals surface area contributed by atoms with Gasteiger partial charge in [-0.25, -0.2) is 0 Å². The van der Waals surface area contributed by atoms with Crippen molar-refractivity contribution < 1.29 is 14.3 Å². The number of hydrogen-bond donors (Lipinski definition) is 0. The molecule has 0 unspecified atom stereocenters. The summed E-state index contributed by atoms with van der Waals surface area (Å²) in [6.45, 7) is 8.27. The van der Waals surface area contributed by atoms with Crippen LogP contribution in [-0.2, 0) is 14.3 Å². The minimum absolute atomic E-state index is 0.225. The Morgan fingerprint density at radius 1 is 1.00 bits per heavy atom. The molecule has 3 heterocycles. The first-order chi connectivity index (χ1) is 10.8. The van der Waals surface area contributed by atoms with Crippen LogP contribution in [0.25, 0.3) is 0 Å². The lowest BCUT2D eigenvalue weighted by molar-refractivity contribution is -0.146. The highest BCUT2D eigenvalue weighted by molar-refractivity contribution is 5.79. The monoisotopic (exact) mass is 310 g/mol. The molecule has 0 spiro atoms. The number of morpholine rings is 1. The van der Waals surface area contributed by atoms with Crippen LogP contribution in [0.3, 0.4) is 0 Å². The predicted octanol–water partition coefficient (Wildman–Crippen LogP) is 1.51. The molecule has 0 saturated carbocycles. The summed E-state index contributed by atoms with van der Waals surface area (Å²) in [5, 5.41) is 0. The van der Waals surface area contributed by atoms with E-state index in [0.717, 1.165) is 65.0 Å². The van der Waals surface area contributed by atoms with E-state index in [1.807, 2.05) is 0 Å². The molecule has 3 aliphatic rings. The number of carbonyl (C=O) groups is 1. The number of piperidine rings is 1. The van der Waals surface area contributed by atoms with E-state index in [9.17, 15) is 4.79 Å². The van der Waals surface area contributed by atoms with Gasteiger partial charge in [-0.15, -0.1) is 0 Å². The second-order valence-electron chi connectivity index (χ2n) is 6.82. The van der Waals surface area contributed by atoms with E-state index in [-0.39, 0.29) is 12.0 Å². The topological polar surface area (TPSA) is 42.0 Å². The zero-order valence-corrected chi connectivity index (χ0v) is 13.8. The molecule has 0 aromatic carbocycles. The van der Waals surface area contributed by atoms with Gasteiger partial charge in [0.25, 0.3) is 0 Å². The standard InChI is InChI=1S/C17H30N2O3/c1-2-15-13-22-12-9-19(15)17(20)14-3-7-18(8-4-14)16-5-10-21-11-6-16/h14-16H,2-13H2,1H3/t15-/m0/s1. The van der Waals surface area contributed by atoms with Crippen molar-refractivity contribution in [2.75, 3.05) is 46.1 Å². The SMILES string of the molecule is CC[C@H]1COCCN1C(=O)C1CCN(C2CCOCC2)CC1. The Morgan fingerprint density at radius 3 is 2.41 bits per heavy atom. The molecule has 0 aromatic rings. The molecular weight excluding hydrogens is 280 g/mol. The third-order valence-corrected chi connectivity index (χ3v) is 5.57. The summed E-state index contributed by atoms with van der Waals surface area (Å²) in [7, 11) is 0. The second kappa shape index (κ2) is 7.75. The molecule has 5 heteroatoms. The first-order valence-corrected chi connectivity index (χ1v) is 8.99. The summed E-state index contributed by atoms with van der Waals surface area (Å²) in [5.41, 5.74) is 0. The Morgan fingerprint density at radius 2 is 1.73 bits per heavy atom. The van der Waals surface area contributed by atoms with Gasteiger partial charge in [-0.3, -0.25) is 4.79 Å². The summed E-state index contributed by atoms with van der Waals surface area (Å²) in [6, 6.07) is 0.964. The summed E-state index contributed by atoms with van der Waals surface area (Å²) in [5.74, 6) is 0.602. The number of carbonyl (C=O) groups excluding carboxylic acids is 1. The molecule has 5 nitrogen and oxygen atoms in total. The Kier molecular flexibility index (Phi) is 5.71. The maximum Gasteiger partial charge on any atom is 0.226 e. The van der Waals surface area contributed by atoms with E-state index in [0.29, 0.717) is 25.2 Å². The molecule has 3 aliphatic heterocycles. The lowest BCUT2D eigenvalue weighted by Crippen LogP contribution is -2.53. The van der Waals surface area contributed by atoms with Crippen molar-refractivity contribution in [1.82, 2.24) is 9.80 Å². The molecule has 0 N–H and O–H groups in total. The number of amides is 1. The number of nitrogens with zero attached hydrogens (tertiary/aromatic N) is 2. The van der Waals surface area contributed by atoms with Crippen LogP contribution < -0.4 is 0 Å². The Labute approximate surface area is 133 Å². The van der Waals surface area contributed by atoms with Crippen molar-refractivity contribution in [1.29, 1.82) is 0 Å². The van der Waals surface area contributed by atoms with Gasteiger partial charge in [-0.05, 0) is 45.2 Å². The molecule has 0 aromatic heterocycles. The quantitative estimate of drug-likeness (QED) is 0.792. The normalized spacial score (nSPS) is 29.7. The first kappa shape index (κ1) is 16.2. The maximum absolute atomic E-state index is 12.8. The fraction of sp³-hybridized carbons (Fsp3) is 0.941. The molecule has 1 atom stereocenters. The van der Waals surface area contributed by atoms with Crippen molar-refractivity contribution in [2.45, 2.75) is 51.1 Å². The fourth-order valence-corrected chi connectivity index (χ4v) is 4.08. The molecule has 0 bridgehead atoms. The maximum atomic E-state index is 12.8. The lowest BCUT2D eigenvalue weighted by atomic mass is 9.92. The molecular formula is C17H30N2O3. The zero-order valence-electron chi connectivity index (χ0n) is 13.8. The Balaban J connectivity index is 1.50. The van der Waals surface area contributed by atoms with E-state index in [2.05, 4.69) is 16.7 Å². The number of hydrogen-bond acceptors (Lipinski definition) is 4.